The number of halogens is 1. The molecule has 0 fully saturated rings. The lowest BCUT2D eigenvalue weighted by Gasteiger charge is -2.23. The number of nitrogens with one attached hydrogen (secondary N) is 2. The van der Waals surface area contributed by atoms with Crippen molar-refractivity contribution >= 4 is 17.1 Å². The third kappa shape index (κ3) is 5.80. The highest BCUT2D eigenvalue weighted by molar-refractivity contribution is 6.03. The number of nitrogens with zero attached hydrogens (tertiary/aromatic N) is 3. The van der Waals surface area contributed by atoms with Gasteiger partial charge in [0.2, 0.25) is 0 Å². The van der Waals surface area contributed by atoms with Gasteiger partial charge in [0.1, 0.15) is 6.17 Å². The minimum absolute atomic E-state index is 0.246. The van der Waals surface area contributed by atoms with Crippen molar-refractivity contribution in [1.82, 2.24) is 19.9 Å². The van der Waals surface area contributed by atoms with Gasteiger partial charge in [-0.25, -0.2) is 8.91 Å². The van der Waals surface area contributed by atoms with E-state index < -0.39 is 23.3 Å². The molecule has 0 radical (unpaired) electrons. The van der Waals surface area contributed by atoms with Crippen LogP contribution in [0, 0.1) is 0 Å². The van der Waals surface area contributed by atoms with E-state index in [0.29, 0.717) is 24.2 Å². The van der Waals surface area contributed by atoms with Crippen molar-refractivity contribution in [2.45, 2.75) is 51.5 Å². The fraction of sp³-hybridized carbons (Fsp3) is 0.435. The summed E-state index contributed by atoms with van der Waals surface area (Å²) in [5.74, 6) is -0.510. The number of pyridine rings is 1. The van der Waals surface area contributed by atoms with Crippen molar-refractivity contribution in [3.8, 4) is 11.1 Å². The van der Waals surface area contributed by atoms with E-state index in [2.05, 4.69) is 20.7 Å². The molecule has 0 bridgehead atoms. The van der Waals surface area contributed by atoms with E-state index in [9.17, 15) is 19.4 Å². The van der Waals surface area contributed by atoms with Gasteiger partial charge in [0, 0.05) is 30.7 Å². The number of alkyl halides is 1. The Morgan fingerprint density at radius 3 is 2.50 bits per heavy atom. The van der Waals surface area contributed by atoms with Crippen molar-refractivity contribution in [1.29, 1.82) is 0 Å². The van der Waals surface area contributed by atoms with E-state index in [4.69, 9.17) is 0 Å². The number of carbonyl (C=O) groups excluding carboxylic acids is 1. The Kier molecular flexibility index (Phi) is 6.80. The number of fused-ring (bicyclic) bond motifs is 1. The van der Waals surface area contributed by atoms with Crippen LogP contribution >= 0.6 is 0 Å². The summed E-state index contributed by atoms with van der Waals surface area (Å²) in [5, 5.41) is 30.0. The number of rotatable bonds is 9. The maximum Gasteiger partial charge on any atom is 0.255 e. The first-order valence-corrected chi connectivity index (χ1v) is 10.5. The summed E-state index contributed by atoms with van der Waals surface area (Å²) in [5.41, 5.74) is 0.843. The molecule has 0 aliphatic rings. The Labute approximate surface area is 186 Å². The van der Waals surface area contributed by atoms with Crippen LogP contribution in [0.25, 0.3) is 16.6 Å². The molecule has 9 heteroatoms. The van der Waals surface area contributed by atoms with E-state index in [-0.39, 0.29) is 12.1 Å². The minimum atomic E-state index is -1.62. The topological polar surface area (TPSA) is 112 Å². The smallest absolute Gasteiger partial charge is 0.255 e. The SMILES string of the molecule is CC(C)(O)CCNc1c(C(=O)NCC(F)C(C)(C)O)cnn2cc(-c3ccncc3)cc12. The monoisotopic (exact) mass is 443 g/mol. The first-order valence-electron chi connectivity index (χ1n) is 10.5. The van der Waals surface area contributed by atoms with Crippen LogP contribution in [0.3, 0.4) is 0 Å². The summed E-state index contributed by atoms with van der Waals surface area (Å²) in [6.45, 7) is 6.20. The Morgan fingerprint density at radius 2 is 1.88 bits per heavy atom. The molecule has 0 aliphatic heterocycles. The second-order valence-corrected chi connectivity index (χ2v) is 9.05. The van der Waals surface area contributed by atoms with E-state index in [1.54, 1.807) is 30.8 Å². The normalized spacial score (nSPS) is 13.2. The van der Waals surface area contributed by atoms with Gasteiger partial charge < -0.3 is 20.8 Å². The number of aromatic nitrogens is 3. The second-order valence-electron chi connectivity index (χ2n) is 9.05. The zero-order valence-electron chi connectivity index (χ0n) is 18.8. The predicted octanol–water partition coefficient (Wildman–Crippen LogP) is 2.81. The maximum atomic E-state index is 14.1. The van der Waals surface area contributed by atoms with Crippen LogP contribution in [0.2, 0.25) is 0 Å². The lowest BCUT2D eigenvalue weighted by Crippen LogP contribution is -2.42. The molecule has 3 heterocycles. The van der Waals surface area contributed by atoms with Gasteiger partial charge in [-0.2, -0.15) is 5.10 Å². The molecule has 1 amide bonds. The molecule has 3 aromatic heterocycles. The van der Waals surface area contributed by atoms with Gasteiger partial charge in [-0.15, -0.1) is 0 Å². The van der Waals surface area contributed by atoms with Crippen LogP contribution in [-0.2, 0) is 0 Å². The molecule has 1 atom stereocenters. The van der Waals surface area contributed by atoms with Crippen molar-refractivity contribution in [3.05, 3.63) is 48.5 Å². The first-order chi connectivity index (χ1) is 15.0. The number of anilines is 1. The minimum Gasteiger partial charge on any atom is -0.390 e. The fourth-order valence-corrected chi connectivity index (χ4v) is 3.14. The van der Waals surface area contributed by atoms with E-state index in [1.165, 1.54) is 20.0 Å². The summed E-state index contributed by atoms with van der Waals surface area (Å²) in [6.07, 6.45) is 5.49. The molecule has 172 valence electrons. The molecule has 8 nitrogen and oxygen atoms in total. The highest BCUT2D eigenvalue weighted by atomic mass is 19.1. The maximum absolute atomic E-state index is 14.1. The molecule has 0 aromatic carbocycles. The lowest BCUT2D eigenvalue weighted by atomic mass is 10.0. The van der Waals surface area contributed by atoms with Gasteiger partial charge in [-0.05, 0) is 57.9 Å². The quantitative estimate of drug-likeness (QED) is 0.405. The summed E-state index contributed by atoms with van der Waals surface area (Å²) < 4.78 is 15.8. The van der Waals surface area contributed by atoms with Crippen molar-refractivity contribution < 1.29 is 19.4 Å². The van der Waals surface area contributed by atoms with E-state index in [1.807, 2.05) is 24.4 Å². The Bertz CT molecular complexity index is 1070. The van der Waals surface area contributed by atoms with Gasteiger partial charge in [-0.1, -0.05) is 0 Å². The average molecular weight is 444 g/mol. The number of amides is 1. The summed E-state index contributed by atoms with van der Waals surface area (Å²) >= 11 is 0. The second kappa shape index (κ2) is 9.22. The number of hydrogen-bond donors (Lipinski definition) is 4. The van der Waals surface area contributed by atoms with Crippen LogP contribution < -0.4 is 10.6 Å². The van der Waals surface area contributed by atoms with Crippen LogP contribution in [0.4, 0.5) is 10.1 Å². The fourth-order valence-electron chi connectivity index (χ4n) is 3.14. The predicted molar refractivity (Wildman–Crippen MR) is 121 cm³/mol. The van der Waals surface area contributed by atoms with Crippen molar-refractivity contribution in [2.24, 2.45) is 0 Å². The molecule has 0 spiro atoms. The number of carbonyl (C=O) groups is 1. The van der Waals surface area contributed by atoms with Crippen LogP contribution in [0.1, 0.15) is 44.5 Å². The molecule has 0 saturated carbocycles. The number of hydrogen-bond acceptors (Lipinski definition) is 6. The molecule has 3 aromatic rings. The zero-order chi connectivity index (χ0) is 23.5. The Morgan fingerprint density at radius 1 is 1.19 bits per heavy atom. The van der Waals surface area contributed by atoms with E-state index in [0.717, 1.165) is 11.1 Å². The summed E-state index contributed by atoms with van der Waals surface area (Å²) in [7, 11) is 0. The Hall–Kier alpha value is -3.04. The summed E-state index contributed by atoms with van der Waals surface area (Å²) in [4.78, 5) is 16.9. The lowest BCUT2D eigenvalue weighted by molar-refractivity contribution is -0.00177. The highest BCUT2D eigenvalue weighted by Gasteiger charge is 2.27. The molecule has 1 unspecified atom stereocenters. The third-order valence-corrected chi connectivity index (χ3v) is 5.14. The molecule has 4 N–H and O–H groups in total. The van der Waals surface area contributed by atoms with E-state index >= 15 is 0 Å². The molecule has 3 rings (SSSR count). The highest BCUT2D eigenvalue weighted by Crippen LogP contribution is 2.28. The molecular formula is C23H30FN5O3. The average Bonchev–Trinajstić information content (AvgIpc) is 3.15. The molecule has 0 aliphatic carbocycles. The Balaban J connectivity index is 1.95. The van der Waals surface area contributed by atoms with Crippen LogP contribution in [0.15, 0.2) is 43.0 Å². The van der Waals surface area contributed by atoms with Crippen LogP contribution in [-0.4, -0.2) is 61.2 Å². The molecular weight excluding hydrogens is 413 g/mol. The van der Waals surface area contributed by atoms with Gasteiger partial charge >= 0.3 is 0 Å². The first kappa shape index (κ1) is 23.6. The van der Waals surface area contributed by atoms with Gasteiger partial charge in [0.25, 0.3) is 5.91 Å². The summed E-state index contributed by atoms with van der Waals surface area (Å²) in [6, 6.07) is 5.66. The van der Waals surface area contributed by atoms with Gasteiger partial charge in [0.15, 0.2) is 0 Å². The molecule has 32 heavy (non-hydrogen) atoms. The number of aliphatic hydroxyl groups is 2. The molecule has 0 saturated heterocycles. The van der Waals surface area contributed by atoms with Gasteiger partial charge in [0.05, 0.1) is 40.7 Å². The largest absolute Gasteiger partial charge is 0.390 e. The van der Waals surface area contributed by atoms with Crippen molar-refractivity contribution in [2.75, 3.05) is 18.4 Å². The standard InChI is InChI=1S/C23H30FN5O3/c1-22(2,31)7-10-26-20-17(21(30)27-13-19(24)23(3,4)32)12-28-29-14-16(11-18(20)29)15-5-8-25-9-6-15/h5-6,8-9,11-12,14,19,26,31-32H,7,10,13H2,1-4H3,(H,27,30). The van der Waals surface area contributed by atoms with Crippen LogP contribution in [0.5, 0.6) is 0 Å². The zero-order valence-corrected chi connectivity index (χ0v) is 18.8. The van der Waals surface area contributed by atoms with Gasteiger partial charge in [-0.3, -0.25) is 9.78 Å². The third-order valence-electron chi connectivity index (χ3n) is 5.14. The van der Waals surface area contributed by atoms with Crippen molar-refractivity contribution in [3.63, 3.8) is 0 Å².